The summed E-state index contributed by atoms with van der Waals surface area (Å²) in [4.78, 5) is 37.3. The number of amides is 1. The molecule has 34 heavy (non-hydrogen) atoms. The Bertz CT molecular complexity index is 1110. The van der Waals surface area contributed by atoms with Crippen LogP contribution in [0.25, 0.3) is 0 Å². The zero-order chi connectivity index (χ0) is 24.7. The summed E-state index contributed by atoms with van der Waals surface area (Å²) < 4.78 is 32.5. The molecule has 1 fully saturated rings. The number of benzene rings is 2. The van der Waals surface area contributed by atoms with Crippen molar-refractivity contribution in [1.82, 2.24) is 4.31 Å². The fraction of sp³-hybridized carbons (Fsp3) is 0.400. The smallest absolute Gasteiger partial charge is 0.324 e. The lowest BCUT2D eigenvalue weighted by atomic mass is 10.1. The first kappa shape index (κ1) is 25.6. The molecule has 1 unspecified atom stereocenters. The van der Waals surface area contributed by atoms with Crippen LogP contribution in [0.5, 0.6) is 0 Å². The lowest BCUT2D eigenvalue weighted by molar-refractivity contribution is -0.148. The van der Waals surface area contributed by atoms with E-state index in [0.717, 1.165) is 0 Å². The minimum atomic E-state index is -3.86. The summed E-state index contributed by atoms with van der Waals surface area (Å²) in [7, 11) is -3.86. The monoisotopic (exact) mass is 486 g/mol. The van der Waals surface area contributed by atoms with Crippen molar-refractivity contribution in [2.24, 2.45) is 5.92 Å². The molecule has 2 aromatic rings. The molecule has 1 aliphatic rings. The average molecular weight is 487 g/mol. The third-order valence-corrected chi connectivity index (χ3v) is 7.43. The Morgan fingerprint density at radius 2 is 1.71 bits per heavy atom. The Balaban J connectivity index is 1.60. The Hall–Kier alpha value is -3.04. The van der Waals surface area contributed by atoms with Crippen LogP contribution >= 0.6 is 0 Å². The van der Waals surface area contributed by atoms with Gasteiger partial charge in [0.15, 0.2) is 12.4 Å². The van der Waals surface area contributed by atoms with Crippen molar-refractivity contribution in [2.75, 3.05) is 18.5 Å². The Kier molecular flexibility index (Phi) is 8.57. The summed E-state index contributed by atoms with van der Waals surface area (Å²) in [5.74, 6) is -1.02. The van der Waals surface area contributed by atoms with Crippen LogP contribution in [0.2, 0.25) is 0 Å². The number of rotatable bonds is 9. The number of hydrogen-bond acceptors (Lipinski definition) is 6. The highest BCUT2D eigenvalue weighted by atomic mass is 32.2. The van der Waals surface area contributed by atoms with Gasteiger partial charge in [-0.25, -0.2) is 8.42 Å². The number of esters is 1. The van der Waals surface area contributed by atoms with Crippen LogP contribution in [0.3, 0.4) is 0 Å². The van der Waals surface area contributed by atoms with Gasteiger partial charge in [-0.2, -0.15) is 4.31 Å². The molecule has 8 nitrogen and oxygen atoms in total. The molecule has 1 N–H and O–H groups in total. The molecule has 9 heteroatoms. The molecule has 1 amide bonds. The van der Waals surface area contributed by atoms with Crippen LogP contribution in [0, 0.1) is 5.92 Å². The van der Waals surface area contributed by atoms with Crippen LogP contribution < -0.4 is 5.32 Å². The van der Waals surface area contributed by atoms with E-state index in [1.54, 1.807) is 42.5 Å². The molecule has 1 aliphatic heterocycles. The van der Waals surface area contributed by atoms with Gasteiger partial charge < -0.3 is 10.1 Å². The van der Waals surface area contributed by atoms with E-state index >= 15 is 0 Å². The molecule has 0 radical (unpaired) electrons. The van der Waals surface area contributed by atoms with Gasteiger partial charge in [0.05, 0.1) is 4.90 Å². The van der Waals surface area contributed by atoms with Gasteiger partial charge in [0.2, 0.25) is 15.9 Å². The average Bonchev–Trinajstić information content (AvgIpc) is 2.82. The van der Waals surface area contributed by atoms with E-state index in [2.05, 4.69) is 5.32 Å². The number of nitrogens with one attached hydrogen (secondary N) is 1. The van der Waals surface area contributed by atoms with Crippen LogP contribution in [0.1, 0.15) is 49.9 Å². The summed E-state index contributed by atoms with van der Waals surface area (Å²) in [6.45, 7) is 3.63. The summed E-state index contributed by atoms with van der Waals surface area (Å²) in [5, 5.41) is 2.77. The zero-order valence-corrected chi connectivity index (χ0v) is 20.2. The van der Waals surface area contributed by atoms with Crippen LogP contribution in [-0.2, 0) is 24.3 Å². The second kappa shape index (κ2) is 11.4. The van der Waals surface area contributed by atoms with Crippen molar-refractivity contribution in [1.29, 1.82) is 0 Å². The topological polar surface area (TPSA) is 110 Å². The number of hydrogen-bond donors (Lipinski definition) is 1. The Morgan fingerprint density at radius 3 is 2.35 bits per heavy atom. The maximum absolute atomic E-state index is 13.1. The summed E-state index contributed by atoms with van der Waals surface area (Å²) in [6, 6.07) is 13.3. The number of carbonyl (C=O) groups is 3. The first-order valence-corrected chi connectivity index (χ1v) is 12.8. The summed E-state index contributed by atoms with van der Waals surface area (Å²) in [6.07, 6.45) is 2.08. The minimum absolute atomic E-state index is 0.106. The SMILES string of the molecule is CC(C)CC(=O)Nc1ccc(C(=O)COC(=O)C2CCCCN2S(=O)(=O)c2ccccc2)cc1. The molecule has 1 heterocycles. The quantitative estimate of drug-likeness (QED) is 0.428. The number of anilines is 1. The van der Waals surface area contributed by atoms with E-state index in [4.69, 9.17) is 4.74 Å². The van der Waals surface area contributed by atoms with E-state index in [-0.39, 0.29) is 23.3 Å². The molecular formula is C25H30N2O6S. The van der Waals surface area contributed by atoms with E-state index in [1.165, 1.54) is 16.4 Å². The highest BCUT2D eigenvalue weighted by Gasteiger charge is 2.38. The van der Waals surface area contributed by atoms with Crippen molar-refractivity contribution in [2.45, 2.75) is 50.5 Å². The van der Waals surface area contributed by atoms with Crippen LogP contribution in [0.15, 0.2) is 59.5 Å². The van der Waals surface area contributed by atoms with Gasteiger partial charge >= 0.3 is 5.97 Å². The van der Waals surface area contributed by atoms with Crippen LogP contribution in [0.4, 0.5) is 5.69 Å². The maximum atomic E-state index is 13.1. The Labute approximate surface area is 200 Å². The second-order valence-corrected chi connectivity index (χ2v) is 10.6. The van der Waals surface area contributed by atoms with E-state index < -0.39 is 34.4 Å². The molecule has 0 aromatic heterocycles. The first-order chi connectivity index (χ1) is 16.2. The predicted molar refractivity (Wildman–Crippen MR) is 128 cm³/mol. The van der Waals surface area contributed by atoms with Gasteiger partial charge in [-0.1, -0.05) is 32.0 Å². The predicted octanol–water partition coefficient (Wildman–Crippen LogP) is 3.64. The summed E-state index contributed by atoms with van der Waals surface area (Å²) >= 11 is 0. The van der Waals surface area contributed by atoms with Gasteiger partial charge in [0.25, 0.3) is 0 Å². The molecule has 182 valence electrons. The molecule has 1 atom stereocenters. The van der Waals surface area contributed by atoms with Crippen molar-refractivity contribution in [3.8, 4) is 0 Å². The Morgan fingerprint density at radius 1 is 1.03 bits per heavy atom. The number of nitrogens with zero attached hydrogens (tertiary/aromatic N) is 1. The number of ether oxygens (including phenoxy) is 1. The summed E-state index contributed by atoms with van der Waals surface area (Å²) in [5.41, 5.74) is 0.898. The number of ketones is 1. The third-order valence-electron chi connectivity index (χ3n) is 5.51. The molecule has 0 spiro atoms. The van der Waals surface area contributed by atoms with Gasteiger partial charge in [0, 0.05) is 24.2 Å². The zero-order valence-electron chi connectivity index (χ0n) is 19.4. The molecule has 0 aliphatic carbocycles. The molecule has 1 saturated heterocycles. The van der Waals surface area contributed by atoms with Gasteiger partial charge in [-0.3, -0.25) is 14.4 Å². The fourth-order valence-corrected chi connectivity index (χ4v) is 5.46. The number of carbonyl (C=O) groups excluding carboxylic acids is 3. The molecule has 0 saturated carbocycles. The van der Waals surface area contributed by atoms with E-state index in [1.807, 2.05) is 13.8 Å². The normalized spacial score (nSPS) is 16.7. The third kappa shape index (κ3) is 6.51. The van der Waals surface area contributed by atoms with Crippen molar-refractivity contribution in [3.05, 3.63) is 60.2 Å². The van der Waals surface area contributed by atoms with Crippen molar-refractivity contribution >= 4 is 33.4 Å². The highest BCUT2D eigenvalue weighted by molar-refractivity contribution is 7.89. The van der Waals surface area contributed by atoms with Gasteiger partial charge in [0.1, 0.15) is 6.04 Å². The maximum Gasteiger partial charge on any atom is 0.324 e. The molecule has 2 aromatic carbocycles. The number of sulfonamides is 1. The van der Waals surface area contributed by atoms with Crippen molar-refractivity contribution < 1.29 is 27.5 Å². The van der Waals surface area contributed by atoms with E-state index in [0.29, 0.717) is 36.9 Å². The minimum Gasteiger partial charge on any atom is -0.456 e. The lowest BCUT2D eigenvalue weighted by Gasteiger charge is -2.32. The second-order valence-electron chi connectivity index (χ2n) is 8.69. The largest absolute Gasteiger partial charge is 0.456 e. The number of Topliss-reactive ketones (excluding diaryl/α,β-unsaturated/α-hetero) is 1. The highest BCUT2D eigenvalue weighted by Crippen LogP contribution is 2.26. The molecular weight excluding hydrogens is 456 g/mol. The molecule has 3 rings (SSSR count). The van der Waals surface area contributed by atoms with Crippen molar-refractivity contribution in [3.63, 3.8) is 0 Å². The van der Waals surface area contributed by atoms with E-state index in [9.17, 15) is 22.8 Å². The molecule has 0 bridgehead atoms. The lowest BCUT2D eigenvalue weighted by Crippen LogP contribution is -2.48. The standard InChI is InChI=1S/C25H30N2O6S/c1-18(2)16-24(29)26-20-13-11-19(12-14-20)23(28)17-33-25(30)22-10-6-7-15-27(22)34(31,32)21-8-4-3-5-9-21/h3-5,8-9,11-14,18,22H,6-7,10,15-17H2,1-2H3,(H,26,29). The van der Waals surface area contributed by atoms with Gasteiger partial charge in [-0.05, 0) is 61.6 Å². The number of piperidine rings is 1. The first-order valence-electron chi connectivity index (χ1n) is 11.3. The fourth-order valence-electron chi connectivity index (χ4n) is 3.79. The van der Waals surface area contributed by atoms with Crippen LogP contribution in [-0.4, -0.2) is 49.6 Å². The van der Waals surface area contributed by atoms with Gasteiger partial charge in [-0.15, -0.1) is 0 Å².